The molecule has 3 unspecified atom stereocenters. The van der Waals surface area contributed by atoms with Gasteiger partial charge in [0.2, 0.25) is 0 Å². The Labute approximate surface area is 370 Å². The third kappa shape index (κ3) is 30.6. The first kappa shape index (κ1) is 57.9. The van der Waals surface area contributed by atoms with E-state index in [1.165, 1.54) is 154 Å². The van der Waals surface area contributed by atoms with Gasteiger partial charge in [-0.05, 0) is 12.8 Å². The third-order valence-electron chi connectivity index (χ3n) is 11.9. The van der Waals surface area contributed by atoms with Gasteiger partial charge in [-0.15, -0.1) is 0 Å². The number of aliphatic hydroxyl groups is 5. The Hall–Kier alpha value is -1.15. The van der Waals surface area contributed by atoms with Gasteiger partial charge in [0.1, 0.15) is 43.2 Å². The van der Waals surface area contributed by atoms with Crippen molar-refractivity contribution in [1.82, 2.24) is 0 Å². The topological polar surface area (TPSA) is 210 Å². The Bertz CT molecular complexity index is 1080. The zero-order valence-corrected chi connectivity index (χ0v) is 39.4. The molecule has 1 saturated carbocycles. The Morgan fingerprint density at radius 3 is 1.08 bits per heavy atom. The zero-order valence-electron chi connectivity index (χ0n) is 38.5. The number of phosphoric ester groups is 1. The van der Waals surface area contributed by atoms with Crippen LogP contribution in [0.1, 0.15) is 232 Å². The average molecular weight is 895 g/mol. The molecule has 14 heteroatoms. The number of hydrogen-bond acceptors (Lipinski definition) is 12. The van der Waals surface area contributed by atoms with Gasteiger partial charge in [0.15, 0.2) is 6.10 Å². The molecule has 0 aromatic carbocycles. The van der Waals surface area contributed by atoms with Gasteiger partial charge in [-0.25, -0.2) is 4.57 Å². The van der Waals surface area contributed by atoms with E-state index in [1.54, 1.807) is 0 Å². The first-order valence-electron chi connectivity index (χ1n) is 24.8. The summed E-state index contributed by atoms with van der Waals surface area (Å²) in [6, 6.07) is 0. The molecule has 362 valence electrons. The van der Waals surface area contributed by atoms with Gasteiger partial charge in [-0.3, -0.25) is 18.6 Å². The molecule has 1 rings (SSSR count). The number of phosphoric acid groups is 1. The van der Waals surface area contributed by atoms with Crippen LogP contribution in [0.5, 0.6) is 0 Å². The normalized spacial score (nSPS) is 21.9. The Morgan fingerprint density at radius 2 is 0.738 bits per heavy atom. The maximum Gasteiger partial charge on any atom is 0.472 e. The number of rotatable bonds is 42. The molecule has 61 heavy (non-hydrogen) atoms. The minimum atomic E-state index is -5.11. The van der Waals surface area contributed by atoms with Crippen LogP contribution in [-0.4, -0.2) is 98.3 Å². The Kier molecular flexibility index (Phi) is 36.2. The summed E-state index contributed by atoms with van der Waals surface area (Å²) in [6.45, 7) is 3.34. The molecular weight excluding hydrogens is 803 g/mol. The molecule has 0 aromatic rings. The molecule has 6 N–H and O–H groups in total. The summed E-state index contributed by atoms with van der Waals surface area (Å²) in [7, 11) is -5.11. The van der Waals surface area contributed by atoms with Crippen LogP contribution in [-0.2, 0) is 32.7 Å². The number of unbranched alkanes of at least 4 members (excludes halogenated alkanes) is 30. The van der Waals surface area contributed by atoms with E-state index >= 15 is 0 Å². The molecule has 0 saturated heterocycles. The van der Waals surface area contributed by atoms with Gasteiger partial charge in [0.25, 0.3) is 0 Å². The quantitative estimate of drug-likeness (QED) is 0.0192. The Balaban J connectivity index is 2.40. The largest absolute Gasteiger partial charge is 0.472 e. The number of aliphatic hydroxyl groups excluding tert-OH is 5. The number of carbonyl (C=O) groups excluding carboxylic acids is 2. The molecule has 0 heterocycles. The molecule has 0 aromatic heterocycles. The number of hydrogen-bond donors (Lipinski definition) is 6. The monoisotopic (exact) mass is 895 g/mol. The molecule has 1 aliphatic rings. The predicted molar refractivity (Wildman–Crippen MR) is 240 cm³/mol. The summed E-state index contributed by atoms with van der Waals surface area (Å²) < 4.78 is 33.6. The smallest absolute Gasteiger partial charge is 0.462 e. The standard InChI is InChI=1S/C47H91O13P/c1-3-5-7-9-11-13-15-17-19-21-23-25-27-29-31-33-35-40(48)57-37-39(38-58-61(55,56)60-47-45(53)43(51)42(50)44(52)46(47)54)59-41(49)36-34-32-30-28-26-24-22-20-18-16-14-12-10-8-6-4-2/h39,42-47,50-54H,3-38H2,1-2H3,(H,55,56)/t39-,42?,43-,44+,45-,46-,47?/m1/s1. The Morgan fingerprint density at radius 1 is 0.443 bits per heavy atom. The van der Waals surface area contributed by atoms with Gasteiger partial charge in [-0.1, -0.05) is 206 Å². The van der Waals surface area contributed by atoms with E-state index in [1.807, 2.05) is 0 Å². The second kappa shape index (κ2) is 38.2. The fourth-order valence-electron chi connectivity index (χ4n) is 7.94. The highest BCUT2D eigenvalue weighted by Gasteiger charge is 2.51. The molecule has 1 fully saturated rings. The van der Waals surface area contributed by atoms with Crippen LogP contribution in [0.25, 0.3) is 0 Å². The highest BCUT2D eigenvalue weighted by atomic mass is 31.2. The lowest BCUT2D eigenvalue weighted by Crippen LogP contribution is -2.64. The highest BCUT2D eigenvalue weighted by molar-refractivity contribution is 7.47. The van der Waals surface area contributed by atoms with E-state index in [0.717, 1.165) is 38.5 Å². The summed E-state index contributed by atoms with van der Waals surface area (Å²) in [6.07, 6.45) is 25.8. The molecule has 13 nitrogen and oxygen atoms in total. The summed E-state index contributed by atoms with van der Waals surface area (Å²) in [4.78, 5) is 35.8. The van der Waals surface area contributed by atoms with E-state index in [-0.39, 0.29) is 12.8 Å². The SMILES string of the molecule is CCCCCCCCCCCCCCCCCCC(=O)OC[C@H](COP(=O)(O)OC1[C@H](O)[C@H](O)C(O)[C@H](O)[C@H]1O)OC(=O)CCCCCCCCCCCCCCCCCC. The molecule has 0 bridgehead atoms. The van der Waals surface area contributed by atoms with Crippen molar-refractivity contribution < 1.29 is 63.1 Å². The van der Waals surface area contributed by atoms with Crippen molar-refractivity contribution in [2.45, 2.75) is 275 Å². The van der Waals surface area contributed by atoms with Crippen molar-refractivity contribution in [3.8, 4) is 0 Å². The lowest BCUT2D eigenvalue weighted by molar-refractivity contribution is -0.220. The summed E-state index contributed by atoms with van der Waals surface area (Å²) >= 11 is 0. The van der Waals surface area contributed by atoms with Crippen LogP contribution in [0.2, 0.25) is 0 Å². The lowest BCUT2D eigenvalue weighted by Gasteiger charge is -2.41. The molecule has 0 aliphatic heterocycles. The maximum absolute atomic E-state index is 12.8. The van der Waals surface area contributed by atoms with E-state index < -0.39 is 75.7 Å². The van der Waals surface area contributed by atoms with Crippen molar-refractivity contribution >= 4 is 19.8 Å². The van der Waals surface area contributed by atoms with E-state index in [9.17, 15) is 44.6 Å². The second-order valence-corrected chi connectivity index (χ2v) is 19.1. The highest BCUT2D eigenvalue weighted by Crippen LogP contribution is 2.47. The third-order valence-corrected chi connectivity index (χ3v) is 12.9. The fourth-order valence-corrected chi connectivity index (χ4v) is 8.91. The van der Waals surface area contributed by atoms with Gasteiger partial charge < -0.3 is 39.9 Å². The fraction of sp³-hybridized carbons (Fsp3) is 0.957. The predicted octanol–water partition coefficient (Wildman–Crippen LogP) is 10.1. The van der Waals surface area contributed by atoms with E-state index in [2.05, 4.69) is 13.8 Å². The van der Waals surface area contributed by atoms with Crippen LogP contribution in [0.4, 0.5) is 0 Å². The van der Waals surface area contributed by atoms with Crippen LogP contribution >= 0.6 is 7.82 Å². The number of ether oxygens (including phenoxy) is 2. The number of esters is 2. The van der Waals surface area contributed by atoms with Crippen LogP contribution in [0.3, 0.4) is 0 Å². The van der Waals surface area contributed by atoms with Crippen LogP contribution in [0.15, 0.2) is 0 Å². The molecular formula is C47H91O13P. The van der Waals surface area contributed by atoms with Gasteiger partial charge in [0.05, 0.1) is 6.61 Å². The van der Waals surface area contributed by atoms with Crippen molar-refractivity contribution in [3.63, 3.8) is 0 Å². The van der Waals surface area contributed by atoms with Crippen LogP contribution in [0, 0.1) is 0 Å². The van der Waals surface area contributed by atoms with Crippen molar-refractivity contribution in [1.29, 1.82) is 0 Å². The average Bonchev–Trinajstić information content (AvgIpc) is 3.24. The number of carbonyl (C=O) groups is 2. The van der Waals surface area contributed by atoms with E-state index in [4.69, 9.17) is 18.5 Å². The van der Waals surface area contributed by atoms with Crippen LogP contribution < -0.4 is 0 Å². The molecule has 0 radical (unpaired) electrons. The van der Waals surface area contributed by atoms with Crippen molar-refractivity contribution in [2.75, 3.05) is 13.2 Å². The summed E-state index contributed by atoms with van der Waals surface area (Å²) in [5, 5.41) is 50.2. The first-order valence-corrected chi connectivity index (χ1v) is 26.3. The first-order chi connectivity index (χ1) is 29.4. The molecule has 8 atom stereocenters. The second-order valence-electron chi connectivity index (χ2n) is 17.7. The van der Waals surface area contributed by atoms with Crippen molar-refractivity contribution in [2.24, 2.45) is 0 Å². The zero-order chi connectivity index (χ0) is 45.0. The maximum atomic E-state index is 12.8. The van der Waals surface area contributed by atoms with Gasteiger partial charge in [0, 0.05) is 12.8 Å². The molecule has 0 spiro atoms. The molecule has 1 aliphatic carbocycles. The summed E-state index contributed by atoms with van der Waals surface area (Å²) in [5.74, 6) is -1.08. The van der Waals surface area contributed by atoms with Gasteiger partial charge in [-0.2, -0.15) is 0 Å². The van der Waals surface area contributed by atoms with Crippen molar-refractivity contribution in [3.05, 3.63) is 0 Å². The molecule has 0 amide bonds. The minimum Gasteiger partial charge on any atom is -0.462 e. The summed E-state index contributed by atoms with van der Waals surface area (Å²) in [5.41, 5.74) is 0. The minimum absolute atomic E-state index is 0.105. The van der Waals surface area contributed by atoms with E-state index in [0.29, 0.717) is 12.8 Å². The van der Waals surface area contributed by atoms with Gasteiger partial charge >= 0.3 is 19.8 Å². The lowest BCUT2D eigenvalue weighted by atomic mass is 9.85.